The van der Waals surface area contributed by atoms with Gasteiger partial charge in [-0.1, -0.05) is 6.07 Å². The number of hydrogen-bond donors (Lipinski definition) is 0. The maximum Gasteiger partial charge on any atom is 0.244 e. The van der Waals surface area contributed by atoms with E-state index in [4.69, 9.17) is 14.2 Å². The van der Waals surface area contributed by atoms with E-state index in [0.29, 0.717) is 39.5 Å². The first-order valence-electron chi connectivity index (χ1n) is 10.3. The van der Waals surface area contributed by atoms with Crippen LogP contribution in [0.5, 0.6) is 11.5 Å². The number of benzene rings is 1. The molecule has 5 rings (SSSR count). The fourth-order valence-electron chi connectivity index (χ4n) is 4.29. The second-order valence-electron chi connectivity index (χ2n) is 7.62. The fourth-order valence-corrected chi connectivity index (χ4v) is 5.64. The highest BCUT2D eigenvalue weighted by atomic mass is 32.2. The lowest BCUT2D eigenvalue weighted by Gasteiger charge is -2.28. The molecule has 3 aliphatic heterocycles. The zero-order valence-corrected chi connectivity index (χ0v) is 17.5. The molecule has 30 heavy (non-hydrogen) atoms. The minimum absolute atomic E-state index is 0.176. The predicted molar refractivity (Wildman–Crippen MR) is 111 cm³/mol. The SMILES string of the molecule is O=S(=O)(c1ccc(N2CCC[C@@H]2c2ccc3c(c2)OCCO3)nc1)N1CCOCC1. The van der Waals surface area contributed by atoms with E-state index in [0.717, 1.165) is 42.3 Å². The van der Waals surface area contributed by atoms with Crippen LogP contribution in [-0.4, -0.2) is 63.8 Å². The van der Waals surface area contributed by atoms with Crippen LogP contribution in [0.15, 0.2) is 41.4 Å². The largest absolute Gasteiger partial charge is 0.486 e. The van der Waals surface area contributed by atoms with Crippen LogP contribution in [0, 0.1) is 0 Å². The molecular weight excluding hydrogens is 406 g/mol. The van der Waals surface area contributed by atoms with Crippen molar-refractivity contribution in [3.63, 3.8) is 0 Å². The molecule has 9 heteroatoms. The van der Waals surface area contributed by atoms with Gasteiger partial charge in [-0.25, -0.2) is 13.4 Å². The molecular formula is C21H25N3O5S. The van der Waals surface area contributed by atoms with Crippen molar-refractivity contribution in [3.8, 4) is 11.5 Å². The van der Waals surface area contributed by atoms with Crippen LogP contribution in [0.3, 0.4) is 0 Å². The number of morpholine rings is 1. The molecule has 4 heterocycles. The van der Waals surface area contributed by atoms with Crippen molar-refractivity contribution >= 4 is 15.8 Å². The van der Waals surface area contributed by atoms with Gasteiger partial charge in [0.2, 0.25) is 10.0 Å². The zero-order chi connectivity index (χ0) is 20.6. The molecule has 1 aromatic carbocycles. The molecule has 0 aliphatic carbocycles. The molecule has 0 saturated carbocycles. The Bertz CT molecular complexity index is 1010. The summed E-state index contributed by atoms with van der Waals surface area (Å²) in [5.74, 6) is 2.35. The highest BCUT2D eigenvalue weighted by Crippen LogP contribution is 2.39. The van der Waals surface area contributed by atoms with Crippen LogP contribution in [0.1, 0.15) is 24.4 Å². The van der Waals surface area contributed by atoms with Crippen molar-refractivity contribution in [2.24, 2.45) is 0 Å². The third-order valence-corrected chi connectivity index (χ3v) is 7.71. The number of aromatic nitrogens is 1. The first kappa shape index (κ1) is 19.6. The molecule has 0 amide bonds. The summed E-state index contributed by atoms with van der Waals surface area (Å²) < 4.78 is 43.8. The summed E-state index contributed by atoms with van der Waals surface area (Å²) in [6.45, 7) is 3.62. The van der Waals surface area contributed by atoms with Gasteiger partial charge in [-0.3, -0.25) is 0 Å². The summed E-state index contributed by atoms with van der Waals surface area (Å²) in [6, 6.07) is 9.74. The number of fused-ring (bicyclic) bond motifs is 1. The molecule has 2 saturated heterocycles. The summed E-state index contributed by atoms with van der Waals surface area (Å²) in [4.78, 5) is 6.98. The van der Waals surface area contributed by atoms with Gasteiger partial charge >= 0.3 is 0 Å². The number of pyridine rings is 1. The number of nitrogens with zero attached hydrogens (tertiary/aromatic N) is 3. The van der Waals surface area contributed by atoms with Gasteiger partial charge in [0, 0.05) is 25.8 Å². The molecule has 0 N–H and O–H groups in total. The Labute approximate surface area is 176 Å². The summed E-state index contributed by atoms with van der Waals surface area (Å²) in [6.07, 6.45) is 3.53. The second-order valence-corrected chi connectivity index (χ2v) is 9.56. The van der Waals surface area contributed by atoms with Crippen molar-refractivity contribution < 1.29 is 22.6 Å². The van der Waals surface area contributed by atoms with E-state index in [1.165, 1.54) is 10.5 Å². The summed E-state index contributed by atoms with van der Waals surface area (Å²) in [5, 5.41) is 0. The Morgan fingerprint density at radius 2 is 1.73 bits per heavy atom. The van der Waals surface area contributed by atoms with Crippen LogP contribution < -0.4 is 14.4 Å². The van der Waals surface area contributed by atoms with Crippen molar-refractivity contribution in [1.29, 1.82) is 0 Å². The monoisotopic (exact) mass is 431 g/mol. The van der Waals surface area contributed by atoms with Gasteiger partial charge in [0.1, 0.15) is 23.9 Å². The fraction of sp³-hybridized carbons (Fsp3) is 0.476. The van der Waals surface area contributed by atoms with Crippen LogP contribution in [-0.2, 0) is 14.8 Å². The zero-order valence-electron chi connectivity index (χ0n) is 16.7. The van der Waals surface area contributed by atoms with Gasteiger partial charge in [-0.05, 0) is 42.7 Å². The van der Waals surface area contributed by atoms with Gasteiger partial charge in [-0.15, -0.1) is 0 Å². The molecule has 0 bridgehead atoms. The Hall–Kier alpha value is -2.36. The van der Waals surface area contributed by atoms with Crippen LogP contribution in [0.4, 0.5) is 5.82 Å². The Morgan fingerprint density at radius 3 is 2.50 bits per heavy atom. The molecule has 0 spiro atoms. The Balaban J connectivity index is 1.37. The lowest BCUT2D eigenvalue weighted by molar-refractivity contribution is 0.0730. The average Bonchev–Trinajstić information content (AvgIpc) is 3.29. The van der Waals surface area contributed by atoms with E-state index in [2.05, 4.69) is 22.0 Å². The van der Waals surface area contributed by atoms with Crippen LogP contribution in [0.25, 0.3) is 0 Å². The Kier molecular flexibility index (Phi) is 5.26. The normalized spacial score (nSPS) is 22.3. The van der Waals surface area contributed by atoms with Gasteiger partial charge in [0.05, 0.1) is 19.3 Å². The third kappa shape index (κ3) is 3.61. The lowest BCUT2D eigenvalue weighted by Crippen LogP contribution is -2.40. The van der Waals surface area contributed by atoms with Crippen molar-refractivity contribution in [2.75, 3.05) is 51.0 Å². The molecule has 2 aromatic rings. The highest BCUT2D eigenvalue weighted by molar-refractivity contribution is 7.89. The third-order valence-electron chi connectivity index (χ3n) is 5.83. The molecule has 0 unspecified atom stereocenters. The van der Waals surface area contributed by atoms with Crippen LogP contribution in [0.2, 0.25) is 0 Å². The minimum Gasteiger partial charge on any atom is -0.486 e. The molecule has 1 aromatic heterocycles. The molecule has 160 valence electrons. The molecule has 3 aliphatic rings. The van der Waals surface area contributed by atoms with E-state index in [9.17, 15) is 8.42 Å². The average molecular weight is 432 g/mol. The maximum atomic E-state index is 12.8. The number of ether oxygens (including phenoxy) is 3. The quantitative estimate of drug-likeness (QED) is 0.734. The van der Waals surface area contributed by atoms with E-state index in [1.54, 1.807) is 6.07 Å². The second kappa shape index (κ2) is 8.05. The van der Waals surface area contributed by atoms with Crippen molar-refractivity contribution in [2.45, 2.75) is 23.8 Å². The van der Waals surface area contributed by atoms with E-state index < -0.39 is 10.0 Å². The summed E-state index contributed by atoms with van der Waals surface area (Å²) in [7, 11) is -3.54. The van der Waals surface area contributed by atoms with E-state index in [1.807, 2.05) is 12.1 Å². The van der Waals surface area contributed by atoms with Gasteiger partial charge in [0.25, 0.3) is 0 Å². The first-order chi connectivity index (χ1) is 14.6. The number of hydrogen-bond acceptors (Lipinski definition) is 7. The predicted octanol–water partition coefficient (Wildman–Crippen LogP) is 2.22. The number of anilines is 1. The molecule has 1 atom stereocenters. The van der Waals surface area contributed by atoms with Crippen LogP contribution >= 0.6 is 0 Å². The molecule has 2 fully saturated rings. The smallest absolute Gasteiger partial charge is 0.244 e. The maximum absolute atomic E-state index is 12.8. The van der Waals surface area contributed by atoms with Gasteiger partial charge in [0.15, 0.2) is 11.5 Å². The first-order valence-corrected chi connectivity index (χ1v) is 11.8. The minimum atomic E-state index is -3.54. The Morgan fingerprint density at radius 1 is 0.933 bits per heavy atom. The topological polar surface area (TPSA) is 81.2 Å². The number of rotatable bonds is 4. The van der Waals surface area contributed by atoms with E-state index >= 15 is 0 Å². The van der Waals surface area contributed by atoms with Gasteiger partial charge < -0.3 is 19.1 Å². The highest BCUT2D eigenvalue weighted by Gasteiger charge is 2.30. The summed E-state index contributed by atoms with van der Waals surface area (Å²) in [5.41, 5.74) is 1.16. The molecule has 8 nitrogen and oxygen atoms in total. The van der Waals surface area contributed by atoms with E-state index in [-0.39, 0.29) is 10.9 Å². The van der Waals surface area contributed by atoms with Crippen molar-refractivity contribution in [3.05, 3.63) is 42.1 Å². The summed E-state index contributed by atoms with van der Waals surface area (Å²) >= 11 is 0. The lowest BCUT2D eigenvalue weighted by atomic mass is 10.0. The van der Waals surface area contributed by atoms with Crippen molar-refractivity contribution in [1.82, 2.24) is 9.29 Å². The number of sulfonamides is 1. The standard InChI is InChI=1S/C21H25N3O5S/c25-30(26,23-8-10-27-11-9-23)17-4-6-21(22-15-17)24-7-1-2-18(24)16-3-5-19-20(14-16)29-13-12-28-19/h3-6,14-15,18H,1-2,7-13H2/t18-/m1/s1. The van der Waals surface area contributed by atoms with Gasteiger partial charge in [-0.2, -0.15) is 4.31 Å². The molecule has 0 radical (unpaired) electrons.